The van der Waals surface area contributed by atoms with Crippen molar-refractivity contribution in [2.24, 2.45) is 0 Å². The Balaban J connectivity index is 2.52. The van der Waals surface area contributed by atoms with Crippen LogP contribution in [0.3, 0.4) is 0 Å². The number of hydrogen-bond donors (Lipinski definition) is 1. The maximum absolute atomic E-state index is 10.8. The molecule has 0 saturated carbocycles. The van der Waals surface area contributed by atoms with Crippen LogP contribution in [0.4, 0.5) is 0 Å². The summed E-state index contributed by atoms with van der Waals surface area (Å²) in [5, 5.41) is 2.20. The zero-order chi connectivity index (χ0) is 11.1. The summed E-state index contributed by atoms with van der Waals surface area (Å²) in [6.45, 7) is 0. The molecule has 0 aliphatic heterocycles. The summed E-state index contributed by atoms with van der Waals surface area (Å²) in [4.78, 5) is 18.1. The zero-order valence-corrected chi connectivity index (χ0v) is 8.95. The first-order chi connectivity index (χ1) is 7.79. The third-order valence-corrected chi connectivity index (χ3v) is 2.90. The van der Waals surface area contributed by atoms with Crippen molar-refractivity contribution < 1.29 is 4.79 Å². The molecular weight excluding hydrogens is 224 g/mol. The lowest BCUT2D eigenvalue weighted by Crippen LogP contribution is -1.86. The molecular formula is C12H7ClN2O. The van der Waals surface area contributed by atoms with E-state index in [1.807, 2.05) is 24.3 Å². The van der Waals surface area contributed by atoms with Crippen molar-refractivity contribution in [3.8, 4) is 0 Å². The van der Waals surface area contributed by atoms with E-state index >= 15 is 0 Å². The summed E-state index contributed by atoms with van der Waals surface area (Å²) >= 11 is 5.87. The van der Waals surface area contributed by atoms with Gasteiger partial charge in [-0.3, -0.25) is 4.79 Å². The Kier molecular flexibility index (Phi) is 1.94. The highest BCUT2D eigenvalue weighted by atomic mass is 35.5. The van der Waals surface area contributed by atoms with Gasteiger partial charge in [-0.2, -0.15) is 0 Å². The van der Waals surface area contributed by atoms with Crippen LogP contribution in [0.2, 0.25) is 5.15 Å². The van der Waals surface area contributed by atoms with Gasteiger partial charge in [0.25, 0.3) is 0 Å². The van der Waals surface area contributed by atoms with Gasteiger partial charge in [0.2, 0.25) is 0 Å². The third-order valence-electron chi connectivity index (χ3n) is 2.60. The van der Waals surface area contributed by atoms with Crippen molar-refractivity contribution in [2.45, 2.75) is 0 Å². The molecule has 0 bridgehead atoms. The number of benzene rings is 1. The number of fused-ring (bicyclic) bond motifs is 3. The molecule has 0 unspecified atom stereocenters. The van der Waals surface area contributed by atoms with E-state index in [-0.39, 0.29) is 5.15 Å². The minimum absolute atomic E-state index is 0.231. The van der Waals surface area contributed by atoms with Gasteiger partial charge in [0, 0.05) is 16.3 Å². The predicted octanol–water partition coefficient (Wildman–Crippen LogP) is 3.18. The number of carbonyl (C=O) groups is 1. The molecule has 16 heavy (non-hydrogen) atoms. The molecule has 2 heterocycles. The Hall–Kier alpha value is -1.87. The first-order valence-electron chi connectivity index (χ1n) is 4.82. The third kappa shape index (κ3) is 1.22. The summed E-state index contributed by atoms with van der Waals surface area (Å²) in [5.41, 5.74) is 2.11. The highest BCUT2D eigenvalue weighted by Gasteiger charge is 2.08. The standard InChI is InChI=1S/C12H7ClN2O/c13-11-7(6-16)5-9-8-3-1-2-4-10(8)14-12(9)15-11/h1-6H,(H,14,15). The predicted molar refractivity (Wildman–Crippen MR) is 64.0 cm³/mol. The number of para-hydroxylation sites is 1. The molecule has 0 radical (unpaired) electrons. The molecule has 3 rings (SSSR count). The maximum Gasteiger partial charge on any atom is 0.153 e. The number of nitrogens with zero attached hydrogens (tertiary/aromatic N) is 1. The second-order valence-electron chi connectivity index (χ2n) is 3.55. The normalized spacial score (nSPS) is 11.1. The van der Waals surface area contributed by atoms with Crippen LogP contribution >= 0.6 is 11.6 Å². The average molecular weight is 231 g/mol. The Morgan fingerprint density at radius 3 is 2.88 bits per heavy atom. The van der Waals surface area contributed by atoms with Gasteiger partial charge in [-0.05, 0) is 12.1 Å². The monoisotopic (exact) mass is 230 g/mol. The van der Waals surface area contributed by atoms with Crippen LogP contribution in [-0.4, -0.2) is 16.3 Å². The van der Waals surface area contributed by atoms with Crippen molar-refractivity contribution in [1.82, 2.24) is 9.97 Å². The van der Waals surface area contributed by atoms with Crippen molar-refractivity contribution in [2.75, 3.05) is 0 Å². The van der Waals surface area contributed by atoms with E-state index in [4.69, 9.17) is 11.6 Å². The fraction of sp³-hybridized carbons (Fsp3) is 0. The van der Waals surface area contributed by atoms with E-state index in [2.05, 4.69) is 9.97 Å². The number of nitrogens with one attached hydrogen (secondary N) is 1. The van der Waals surface area contributed by atoms with E-state index < -0.39 is 0 Å². The molecule has 3 aromatic rings. The van der Waals surface area contributed by atoms with E-state index in [9.17, 15) is 4.79 Å². The molecule has 0 amide bonds. The molecule has 0 fully saturated rings. The Morgan fingerprint density at radius 1 is 1.25 bits per heavy atom. The molecule has 0 aliphatic carbocycles. The molecule has 78 valence electrons. The average Bonchev–Trinajstić information content (AvgIpc) is 2.65. The molecule has 2 aromatic heterocycles. The fourth-order valence-corrected chi connectivity index (χ4v) is 2.03. The second-order valence-corrected chi connectivity index (χ2v) is 3.91. The Labute approximate surface area is 96.1 Å². The van der Waals surface area contributed by atoms with Crippen LogP contribution in [-0.2, 0) is 0 Å². The van der Waals surface area contributed by atoms with Crippen molar-refractivity contribution in [3.63, 3.8) is 0 Å². The molecule has 0 atom stereocenters. The van der Waals surface area contributed by atoms with E-state index in [0.29, 0.717) is 11.2 Å². The topological polar surface area (TPSA) is 45.8 Å². The minimum Gasteiger partial charge on any atom is -0.339 e. The van der Waals surface area contributed by atoms with Gasteiger partial charge in [0.1, 0.15) is 10.8 Å². The van der Waals surface area contributed by atoms with Gasteiger partial charge in [-0.25, -0.2) is 4.98 Å². The summed E-state index contributed by atoms with van der Waals surface area (Å²) in [7, 11) is 0. The van der Waals surface area contributed by atoms with Gasteiger partial charge in [0.05, 0.1) is 5.56 Å². The largest absolute Gasteiger partial charge is 0.339 e. The lowest BCUT2D eigenvalue weighted by molar-refractivity contribution is 0.112. The highest BCUT2D eigenvalue weighted by molar-refractivity contribution is 6.32. The van der Waals surface area contributed by atoms with Crippen molar-refractivity contribution in [1.29, 1.82) is 0 Å². The summed E-state index contributed by atoms with van der Waals surface area (Å²) < 4.78 is 0. The number of rotatable bonds is 1. The highest BCUT2D eigenvalue weighted by Crippen LogP contribution is 2.26. The molecule has 0 aliphatic rings. The Bertz CT molecular complexity index is 703. The number of carbonyl (C=O) groups excluding carboxylic acids is 1. The number of aromatic amines is 1. The van der Waals surface area contributed by atoms with Gasteiger partial charge in [-0.15, -0.1) is 0 Å². The molecule has 0 spiro atoms. The van der Waals surface area contributed by atoms with Crippen LogP contribution in [0.25, 0.3) is 21.9 Å². The van der Waals surface area contributed by atoms with Crippen LogP contribution < -0.4 is 0 Å². The minimum atomic E-state index is 0.231. The summed E-state index contributed by atoms with van der Waals surface area (Å²) in [5.74, 6) is 0. The number of pyridine rings is 1. The SMILES string of the molecule is O=Cc1cc2c(nc1Cl)[nH]c1ccccc12. The molecule has 0 saturated heterocycles. The van der Waals surface area contributed by atoms with Crippen LogP contribution in [0.15, 0.2) is 30.3 Å². The number of H-pyrrole nitrogens is 1. The summed E-state index contributed by atoms with van der Waals surface area (Å²) in [6.07, 6.45) is 0.719. The molecule has 1 aromatic carbocycles. The van der Waals surface area contributed by atoms with Crippen LogP contribution in [0.5, 0.6) is 0 Å². The molecule has 1 N–H and O–H groups in total. The first-order valence-corrected chi connectivity index (χ1v) is 5.19. The van der Waals surface area contributed by atoms with Gasteiger partial charge in [-0.1, -0.05) is 29.8 Å². The van der Waals surface area contributed by atoms with Crippen molar-refractivity contribution in [3.05, 3.63) is 41.0 Å². The molecule has 4 heteroatoms. The smallest absolute Gasteiger partial charge is 0.153 e. The number of aromatic nitrogens is 2. The molecule has 3 nitrogen and oxygen atoms in total. The number of halogens is 1. The number of hydrogen-bond acceptors (Lipinski definition) is 2. The quantitative estimate of drug-likeness (QED) is 0.516. The number of aldehydes is 1. The van der Waals surface area contributed by atoms with Gasteiger partial charge < -0.3 is 4.98 Å². The van der Waals surface area contributed by atoms with Crippen LogP contribution in [0.1, 0.15) is 10.4 Å². The fourth-order valence-electron chi connectivity index (χ4n) is 1.84. The first kappa shape index (κ1) is 9.36. The van der Waals surface area contributed by atoms with Crippen LogP contribution in [0, 0.1) is 0 Å². The van der Waals surface area contributed by atoms with E-state index in [1.165, 1.54) is 0 Å². The Morgan fingerprint density at radius 2 is 2.06 bits per heavy atom. The lowest BCUT2D eigenvalue weighted by Gasteiger charge is -1.95. The summed E-state index contributed by atoms with van der Waals surface area (Å²) in [6, 6.07) is 9.60. The van der Waals surface area contributed by atoms with E-state index in [1.54, 1.807) is 6.07 Å². The maximum atomic E-state index is 10.8. The van der Waals surface area contributed by atoms with E-state index in [0.717, 1.165) is 22.6 Å². The van der Waals surface area contributed by atoms with Gasteiger partial charge in [0.15, 0.2) is 6.29 Å². The van der Waals surface area contributed by atoms with Crippen molar-refractivity contribution >= 4 is 39.8 Å². The zero-order valence-electron chi connectivity index (χ0n) is 8.20. The lowest BCUT2D eigenvalue weighted by atomic mass is 10.1. The van der Waals surface area contributed by atoms with Gasteiger partial charge >= 0.3 is 0 Å². The second kappa shape index (κ2) is 3.32.